The van der Waals surface area contributed by atoms with Gasteiger partial charge in [0.2, 0.25) is 11.8 Å². The third-order valence-corrected chi connectivity index (χ3v) is 6.79. The molecule has 1 aliphatic heterocycles. The highest BCUT2D eigenvalue weighted by Crippen LogP contribution is 2.45. The highest BCUT2D eigenvalue weighted by Gasteiger charge is 2.31. The maximum Gasteiger partial charge on any atom is 0.291 e. The van der Waals surface area contributed by atoms with Crippen molar-refractivity contribution in [3.05, 3.63) is 109 Å². The molecule has 1 aromatic heterocycles. The van der Waals surface area contributed by atoms with Gasteiger partial charge in [-0.2, -0.15) is 20.2 Å². The summed E-state index contributed by atoms with van der Waals surface area (Å²) in [6.45, 7) is 2.51. The Hall–Kier alpha value is -5.19. The van der Waals surface area contributed by atoms with Crippen molar-refractivity contribution < 1.29 is 14.7 Å². The van der Waals surface area contributed by atoms with E-state index in [0.717, 1.165) is 18.7 Å². The largest absolute Gasteiger partial charge is 0.493 e. The highest BCUT2D eigenvalue weighted by atomic mass is 32.2. The van der Waals surface area contributed by atoms with Crippen molar-refractivity contribution in [2.45, 2.75) is 13.8 Å². The number of nitrogens with zero attached hydrogens (tertiary/aromatic N) is 4. The molecule has 2 aromatic carbocycles. The van der Waals surface area contributed by atoms with Crippen LogP contribution in [0.5, 0.6) is 5.88 Å². The second-order valence-electron chi connectivity index (χ2n) is 8.14. The minimum Gasteiger partial charge on any atom is -0.493 e. The second kappa shape index (κ2) is 10.4. The van der Waals surface area contributed by atoms with Gasteiger partial charge in [0.25, 0.3) is 11.5 Å². The van der Waals surface area contributed by atoms with E-state index in [-0.39, 0.29) is 32.9 Å². The average Bonchev–Trinajstić information content (AvgIpc) is 3.24. The fraction of sp³-hybridized carbons (Fsp3) is 0.0714. The SMILES string of the molecule is CC(=O)N(C(=O)c1ccccc1)n1c(O)c(C=C2SC(=N)C(C#N)=C2c2ccccc2)c(C)c(C#N)c1=O. The molecule has 0 saturated heterocycles. The number of nitrogens with one attached hydrogen (secondary N) is 1. The zero-order valence-corrected chi connectivity index (χ0v) is 21.0. The first-order valence-corrected chi connectivity index (χ1v) is 12.0. The van der Waals surface area contributed by atoms with Crippen LogP contribution in [0.3, 0.4) is 0 Å². The topological polar surface area (TPSA) is 151 Å². The Morgan fingerprint density at radius 3 is 2.21 bits per heavy atom. The molecule has 0 fully saturated rings. The van der Waals surface area contributed by atoms with E-state index in [4.69, 9.17) is 5.41 Å². The van der Waals surface area contributed by atoms with E-state index in [0.29, 0.717) is 25.7 Å². The molecule has 4 rings (SSSR count). The minimum atomic E-state index is -1.05. The lowest BCUT2D eigenvalue weighted by molar-refractivity contribution is -0.117. The minimum absolute atomic E-state index is 0.00630. The number of imide groups is 1. The van der Waals surface area contributed by atoms with Gasteiger partial charge in [-0.15, -0.1) is 0 Å². The molecule has 10 heteroatoms. The Morgan fingerprint density at radius 1 is 1.05 bits per heavy atom. The number of allylic oxidation sites excluding steroid dienone is 1. The Kier molecular flexibility index (Phi) is 7.10. The van der Waals surface area contributed by atoms with Crippen LogP contribution < -0.4 is 10.6 Å². The molecular formula is C28H19N5O4S. The van der Waals surface area contributed by atoms with Crippen LogP contribution in [0.1, 0.15) is 39.5 Å². The summed E-state index contributed by atoms with van der Waals surface area (Å²) in [6, 6.07) is 20.5. The normalized spacial score (nSPS) is 13.8. The first-order valence-electron chi connectivity index (χ1n) is 11.2. The summed E-state index contributed by atoms with van der Waals surface area (Å²) in [4.78, 5) is 39.6. The molecule has 0 bridgehead atoms. The van der Waals surface area contributed by atoms with Crippen LogP contribution in [-0.4, -0.2) is 26.6 Å². The van der Waals surface area contributed by atoms with Crippen molar-refractivity contribution in [3.8, 4) is 18.0 Å². The summed E-state index contributed by atoms with van der Waals surface area (Å²) in [6.07, 6.45) is 1.44. The van der Waals surface area contributed by atoms with Crippen molar-refractivity contribution >= 4 is 40.3 Å². The molecule has 186 valence electrons. The lowest BCUT2D eigenvalue weighted by Crippen LogP contribution is -2.50. The Bertz CT molecular complexity index is 1710. The van der Waals surface area contributed by atoms with Gasteiger partial charge in [-0.3, -0.25) is 19.8 Å². The molecule has 2 N–H and O–H groups in total. The van der Waals surface area contributed by atoms with Gasteiger partial charge in [0.1, 0.15) is 22.7 Å². The van der Waals surface area contributed by atoms with Crippen molar-refractivity contribution in [1.29, 1.82) is 15.9 Å². The summed E-state index contributed by atoms with van der Waals surface area (Å²) in [5, 5.41) is 39.6. The van der Waals surface area contributed by atoms with Crippen LogP contribution in [0.15, 0.2) is 75.9 Å². The number of aromatic nitrogens is 1. The maximum absolute atomic E-state index is 13.3. The summed E-state index contributed by atoms with van der Waals surface area (Å²) >= 11 is 0.974. The summed E-state index contributed by atoms with van der Waals surface area (Å²) in [5.41, 5.74) is -0.0278. The van der Waals surface area contributed by atoms with E-state index in [1.807, 2.05) is 6.07 Å². The summed E-state index contributed by atoms with van der Waals surface area (Å²) in [5.74, 6) is -2.49. The van der Waals surface area contributed by atoms with Crippen molar-refractivity contribution in [1.82, 2.24) is 4.68 Å². The lowest BCUT2D eigenvalue weighted by atomic mass is 9.98. The number of amides is 2. The second-order valence-corrected chi connectivity index (χ2v) is 9.19. The smallest absolute Gasteiger partial charge is 0.291 e. The van der Waals surface area contributed by atoms with Crippen molar-refractivity contribution in [3.63, 3.8) is 0 Å². The number of pyridine rings is 1. The predicted molar refractivity (Wildman–Crippen MR) is 144 cm³/mol. The lowest BCUT2D eigenvalue weighted by Gasteiger charge is -2.24. The number of hydrogen-bond donors (Lipinski definition) is 2. The Balaban J connectivity index is 2.01. The average molecular weight is 522 g/mol. The van der Waals surface area contributed by atoms with Crippen LogP contribution in [0.2, 0.25) is 0 Å². The van der Waals surface area contributed by atoms with Crippen molar-refractivity contribution in [2.75, 3.05) is 5.01 Å². The van der Waals surface area contributed by atoms with Gasteiger partial charge in [0.15, 0.2) is 0 Å². The van der Waals surface area contributed by atoms with Crippen LogP contribution in [0.25, 0.3) is 11.6 Å². The molecule has 2 heterocycles. The third-order valence-electron chi connectivity index (χ3n) is 5.84. The van der Waals surface area contributed by atoms with Crippen LogP contribution >= 0.6 is 11.8 Å². The monoisotopic (exact) mass is 521 g/mol. The fourth-order valence-corrected chi connectivity index (χ4v) is 4.99. The first kappa shape index (κ1) is 25.9. The van der Waals surface area contributed by atoms with Gasteiger partial charge in [-0.1, -0.05) is 60.3 Å². The van der Waals surface area contributed by atoms with Crippen LogP contribution in [0.4, 0.5) is 0 Å². The molecular weight excluding hydrogens is 502 g/mol. The van der Waals surface area contributed by atoms with Gasteiger partial charge >= 0.3 is 0 Å². The number of carbonyl (C=O) groups is 2. The number of aromatic hydroxyl groups is 1. The van der Waals surface area contributed by atoms with Crippen LogP contribution in [-0.2, 0) is 4.79 Å². The summed E-state index contributed by atoms with van der Waals surface area (Å²) in [7, 11) is 0. The molecule has 1 aliphatic rings. The number of nitriles is 2. The van der Waals surface area contributed by atoms with Crippen LogP contribution in [0, 0.1) is 35.0 Å². The summed E-state index contributed by atoms with van der Waals surface area (Å²) < 4.78 is 0.484. The standard InChI is InChI=1S/C28H19N5O4S/c1-16-20(13-23-24(18-9-5-3-6-10-18)22(15-30)25(31)38-23)27(36)33(28(37)21(16)14-29)32(17(2)34)26(35)19-11-7-4-8-12-19/h3-13,31,36H,1-2H3. The Morgan fingerprint density at radius 2 is 1.66 bits per heavy atom. The van der Waals surface area contributed by atoms with Crippen molar-refractivity contribution in [2.24, 2.45) is 0 Å². The number of rotatable bonds is 4. The highest BCUT2D eigenvalue weighted by molar-refractivity contribution is 8.18. The Labute approximate surface area is 221 Å². The zero-order chi connectivity index (χ0) is 27.6. The maximum atomic E-state index is 13.3. The number of carbonyl (C=O) groups excluding carboxylic acids is 2. The molecule has 0 spiro atoms. The molecule has 0 radical (unpaired) electrons. The molecule has 3 aromatic rings. The predicted octanol–water partition coefficient (Wildman–Crippen LogP) is 4.10. The molecule has 0 saturated carbocycles. The number of thioether (sulfide) groups is 1. The van der Waals surface area contributed by atoms with E-state index < -0.39 is 23.3 Å². The van der Waals surface area contributed by atoms with Gasteiger partial charge in [0, 0.05) is 28.5 Å². The van der Waals surface area contributed by atoms with Gasteiger partial charge in [-0.25, -0.2) is 0 Å². The van der Waals surface area contributed by atoms with Gasteiger partial charge < -0.3 is 5.11 Å². The van der Waals surface area contributed by atoms with Gasteiger partial charge in [-0.05, 0) is 36.3 Å². The molecule has 2 amide bonds. The van der Waals surface area contributed by atoms with E-state index in [2.05, 4.69) is 0 Å². The number of benzene rings is 2. The van der Waals surface area contributed by atoms with E-state index in [1.54, 1.807) is 54.6 Å². The number of hydrogen-bond acceptors (Lipinski definition) is 8. The molecule has 0 aliphatic carbocycles. The van der Waals surface area contributed by atoms with Gasteiger partial charge in [0.05, 0.1) is 5.57 Å². The first-order chi connectivity index (χ1) is 18.2. The quantitative estimate of drug-likeness (QED) is 0.524. The third kappa shape index (κ3) is 4.41. The molecule has 0 unspecified atom stereocenters. The molecule has 9 nitrogen and oxygen atoms in total. The fourth-order valence-electron chi connectivity index (χ4n) is 4.03. The van der Waals surface area contributed by atoms with E-state index in [9.17, 15) is 30.0 Å². The van der Waals surface area contributed by atoms with E-state index in [1.165, 1.54) is 25.1 Å². The zero-order valence-electron chi connectivity index (χ0n) is 20.2. The molecule has 38 heavy (non-hydrogen) atoms. The van der Waals surface area contributed by atoms with E-state index >= 15 is 0 Å². The molecule has 0 atom stereocenters.